The zero-order valence-corrected chi connectivity index (χ0v) is 14.3. The predicted octanol–water partition coefficient (Wildman–Crippen LogP) is 2.12. The van der Waals surface area contributed by atoms with E-state index in [0.29, 0.717) is 12.2 Å². The van der Waals surface area contributed by atoms with Crippen molar-refractivity contribution in [2.75, 3.05) is 39.0 Å². The van der Waals surface area contributed by atoms with Gasteiger partial charge in [-0.3, -0.25) is 4.79 Å². The number of rotatable bonds is 7. The molecule has 2 N–H and O–H groups in total. The lowest BCUT2D eigenvalue weighted by atomic mass is 9.93. The molecule has 0 atom stereocenters. The summed E-state index contributed by atoms with van der Waals surface area (Å²) in [4.78, 5) is 14.0. The Bertz CT molecular complexity index is 606. The Labute approximate surface area is 140 Å². The first kappa shape index (κ1) is 18.4. The molecule has 6 nitrogen and oxygen atoms in total. The molecule has 0 bridgehead atoms. The molecule has 2 rings (SSSR count). The summed E-state index contributed by atoms with van der Waals surface area (Å²) < 4.78 is 34.6. The lowest BCUT2D eigenvalue weighted by molar-refractivity contribution is -0.286. The first-order chi connectivity index (χ1) is 11.1. The standard InChI is InChI=1S/C16H23F2N3O3/c1-15(2,10-21(3)4)9-19-8-14(22)20-11-5-6-12-13(7-11)24-16(17,18)23-12/h5-7,19H,8-10H2,1-4H3,(H,20,22). The van der Waals surface area contributed by atoms with Crippen LogP contribution in [-0.4, -0.2) is 50.8 Å². The highest BCUT2D eigenvalue weighted by Crippen LogP contribution is 2.42. The molecule has 0 saturated carbocycles. The van der Waals surface area contributed by atoms with E-state index in [-0.39, 0.29) is 29.4 Å². The summed E-state index contributed by atoms with van der Waals surface area (Å²) in [7, 11) is 4.00. The van der Waals surface area contributed by atoms with Gasteiger partial charge in [-0.1, -0.05) is 13.8 Å². The molecule has 1 aromatic rings. The van der Waals surface area contributed by atoms with Gasteiger partial charge in [-0.05, 0) is 31.6 Å². The number of amides is 1. The third-order valence-electron chi connectivity index (χ3n) is 3.32. The molecular weight excluding hydrogens is 320 g/mol. The van der Waals surface area contributed by atoms with Gasteiger partial charge in [0.1, 0.15) is 0 Å². The lowest BCUT2D eigenvalue weighted by Gasteiger charge is -2.28. The van der Waals surface area contributed by atoms with Crippen molar-refractivity contribution >= 4 is 11.6 Å². The summed E-state index contributed by atoms with van der Waals surface area (Å²) in [5, 5.41) is 5.74. The maximum atomic E-state index is 13.0. The Morgan fingerprint density at radius 1 is 1.25 bits per heavy atom. The van der Waals surface area contributed by atoms with Gasteiger partial charge >= 0.3 is 6.29 Å². The molecule has 134 valence electrons. The van der Waals surface area contributed by atoms with Crippen LogP contribution in [0.15, 0.2) is 18.2 Å². The van der Waals surface area contributed by atoms with Gasteiger partial charge in [-0.25, -0.2) is 0 Å². The van der Waals surface area contributed by atoms with Crippen LogP contribution in [0.5, 0.6) is 11.5 Å². The third-order valence-corrected chi connectivity index (χ3v) is 3.32. The van der Waals surface area contributed by atoms with Crippen molar-refractivity contribution in [2.24, 2.45) is 5.41 Å². The number of nitrogens with one attached hydrogen (secondary N) is 2. The van der Waals surface area contributed by atoms with Gasteiger partial charge < -0.3 is 25.0 Å². The number of halogens is 2. The smallest absolute Gasteiger partial charge is 0.395 e. The van der Waals surface area contributed by atoms with E-state index >= 15 is 0 Å². The monoisotopic (exact) mass is 343 g/mol. The Balaban J connectivity index is 1.82. The van der Waals surface area contributed by atoms with Gasteiger partial charge in [0.25, 0.3) is 0 Å². The van der Waals surface area contributed by atoms with E-state index in [0.717, 1.165) is 6.54 Å². The fourth-order valence-electron chi connectivity index (χ4n) is 2.66. The largest absolute Gasteiger partial charge is 0.586 e. The van der Waals surface area contributed by atoms with Crippen LogP contribution in [0.2, 0.25) is 0 Å². The molecule has 0 radical (unpaired) electrons. The Kier molecular flexibility index (Phi) is 5.29. The summed E-state index contributed by atoms with van der Waals surface area (Å²) in [6, 6.07) is 4.13. The van der Waals surface area contributed by atoms with Gasteiger partial charge in [-0.15, -0.1) is 8.78 Å². The highest BCUT2D eigenvalue weighted by Gasteiger charge is 2.43. The van der Waals surface area contributed by atoms with Crippen LogP contribution in [0.1, 0.15) is 13.8 Å². The number of fused-ring (bicyclic) bond motifs is 1. The van der Waals surface area contributed by atoms with Crippen LogP contribution in [0, 0.1) is 5.41 Å². The van der Waals surface area contributed by atoms with Crippen LogP contribution < -0.4 is 20.1 Å². The van der Waals surface area contributed by atoms with Crippen molar-refractivity contribution in [3.63, 3.8) is 0 Å². The van der Waals surface area contributed by atoms with Gasteiger partial charge in [0.15, 0.2) is 11.5 Å². The second kappa shape index (κ2) is 6.90. The Morgan fingerprint density at radius 3 is 2.58 bits per heavy atom. The van der Waals surface area contributed by atoms with Gasteiger partial charge in [0, 0.05) is 24.8 Å². The van der Waals surface area contributed by atoms with Crippen molar-refractivity contribution < 1.29 is 23.0 Å². The summed E-state index contributed by atoms with van der Waals surface area (Å²) in [5.41, 5.74) is 0.392. The minimum Gasteiger partial charge on any atom is -0.395 e. The van der Waals surface area contributed by atoms with Gasteiger partial charge in [0.05, 0.1) is 6.54 Å². The molecule has 0 saturated heterocycles. The van der Waals surface area contributed by atoms with Crippen LogP contribution >= 0.6 is 0 Å². The summed E-state index contributed by atoms with van der Waals surface area (Å²) in [5.74, 6) is -0.416. The van der Waals surface area contributed by atoms with Crippen molar-refractivity contribution in [1.82, 2.24) is 10.2 Å². The molecule has 0 fully saturated rings. The molecule has 1 aromatic carbocycles. The molecule has 24 heavy (non-hydrogen) atoms. The van der Waals surface area contributed by atoms with Crippen LogP contribution in [0.4, 0.5) is 14.5 Å². The van der Waals surface area contributed by atoms with E-state index in [4.69, 9.17) is 0 Å². The molecule has 0 spiro atoms. The number of benzene rings is 1. The number of hydrogen-bond donors (Lipinski definition) is 2. The highest BCUT2D eigenvalue weighted by atomic mass is 19.3. The molecule has 1 amide bonds. The Hall–Kier alpha value is -1.93. The number of carbonyl (C=O) groups is 1. The quantitative estimate of drug-likeness (QED) is 0.794. The molecule has 1 aliphatic heterocycles. The van der Waals surface area contributed by atoms with E-state index in [2.05, 4.69) is 38.9 Å². The fraction of sp³-hybridized carbons (Fsp3) is 0.562. The van der Waals surface area contributed by atoms with Crippen LogP contribution in [0.3, 0.4) is 0 Å². The van der Waals surface area contributed by atoms with Crippen molar-refractivity contribution in [1.29, 1.82) is 0 Å². The van der Waals surface area contributed by atoms with Crippen LogP contribution in [-0.2, 0) is 4.79 Å². The topological polar surface area (TPSA) is 62.8 Å². The number of nitrogens with zero attached hydrogens (tertiary/aromatic N) is 1. The average molecular weight is 343 g/mol. The van der Waals surface area contributed by atoms with Crippen molar-refractivity contribution in [3.05, 3.63) is 18.2 Å². The summed E-state index contributed by atoms with van der Waals surface area (Å²) in [6.07, 6.45) is -3.66. The second-order valence-corrected chi connectivity index (χ2v) is 6.88. The molecule has 0 unspecified atom stereocenters. The number of anilines is 1. The fourth-order valence-corrected chi connectivity index (χ4v) is 2.66. The first-order valence-corrected chi connectivity index (χ1v) is 7.62. The number of carbonyl (C=O) groups excluding carboxylic acids is 1. The molecule has 1 aliphatic rings. The molecule has 1 heterocycles. The number of hydrogen-bond acceptors (Lipinski definition) is 5. The van der Waals surface area contributed by atoms with Crippen molar-refractivity contribution in [2.45, 2.75) is 20.1 Å². The number of alkyl halides is 2. The van der Waals surface area contributed by atoms with E-state index < -0.39 is 6.29 Å². The zero-order chi connectivity index (χ0) is 18.0. The van der Waals surface area contributed by atoms with E-state index in [1.54, 1.807) is 0 Å². The summed E-state index contributed by atoms with van der Waals surface area (Å²) >= 11 is 0. The van der Waals surface area contributed by atoms with Crippen LogP contribution in [0.25, 0.3) is 0 Å². The average Bonchev–Trinajstić information content (AvgIpc) is 2.69. The van der Waals surface area contributed by atoms with Gasteiger partial charge in [0.2, 0.25) is 5.91 Å². The lowest BCUT2D eigenvalue weighted by Crippen LogP contribution is -2.40. The zero-order valence-electron chi connectivity index (χ0n) is 14.3. The maximum absolute atomic E-state index is 13.0. The number of ether oxygens (including phenoxy) is 2. The predicted molar refractivity (Wildman–Crippen MR) is 86.5 cm³/mol. The molecule has 0 aromatic heterocycles. The minimum absolute atomic E-state index is 0.0219. The molecule has 0 aliphatic carbocycles. The third kappa shape index (κ3) is 5.31. The minimum atomic E-state index is -3.66. The molecule has 8 heteroatoms. The summed E-state index contributed by atoms with van der Waals surface area (Å²) in [6.45, 7) is 5.90. The Morgan fingerprint density at radius 2 is 1.92 bits per heavy atom. The highest BCUT2D eigenvalue weighted by molar-refractivity contribution is 5.92. The van der Waals surface area contributed by atoms with Crippen molar-refractivity contribution in [3.8, 4) is 11.5 Å². The maximum Gasteiger partial charge on any atom is 0.586 e. The molecular formula is C16H23F2N3O3. The van der Waals surface area contributed by atoms with Gasteiger partial charge in [-0.2, -0.15) is 0 Å². The normalized spacial score (nSPS) is 15.6. The second-order valence-electron chi connectivity index (χ2n) is 6.88. The SMILES string of the molecule is CN(C)CC(C)(C)CNCC(=O)Nc1ccc2c(c1)OC(F)(F)O2. The van der Waals surface area contributed by atoms with E-state index in [1.165, 1.54) is 18.2 Å². The van der Waals surface area contributed by atoms with E-state index in [9.17, 15) is 13.6 Å². The van der Waals surface area contributed by atoms with E-state index in [1.807, 2.05) is 14.1 Å². The first-order valence-electron chi connectivity index (χ1n) is 7.62.